The van der Waals surface area contributed by atoms with Crippen LogP contribution in [-0.4, -0.2) is 30.2 Å². The number of hydrogen-bond acceptors (Lipinski definition) is 3. The molecular weight excluding hydrogens is 302 g/mol. The first kappa shape index (κ1) is 17.9. The Balaban J connectivity index is 2.33. The Kier molecular flexibility index (Phi) is 5.85. The highest BCUT2D eigenvalue weighted by Gasteiger charge is 2.23. The normalized spacial score (nSPS) is 10.8. The lowest BCUT2D eigenvalue weighted by atomic mass is 10.0. The fourth-order valence-electron chi connectivity index (χ4n) is 2.75. The molecule has 0 heterocycles. The van der Waals surface area contributed by atoms with Gasteiger partial charge in [0.15, 0.2) is 0 Å². The predicted molar refractivity (Wildman–Crippen MR) is 96.6 cm³/mol. The number of carbonyl (C=O) groups is 1. The Morgan fingerprint density at radius 2 is 1.62 bits per heavy atom. The third-order valence-electron chi connectivity index (χ3n) is 3.79. The number of rotatable bonds is 5. The van der Waals surface area contributed by atoms with E-state index in [1.165, 1.54) is 0 Å². The summed E-state index contributed by atoms with van der Waals surface area (Å²) in [5, 5.41) is 0. The summed E-state index contributed by atoms with van der Waals surface area (Å²) < 4.78 is 11.0. The van der Waals surface area contributed by atoms with Crippen LogP contribution in [0.4, 0.5) is 4.79 Å². The second-order valence-corrected chi connectivity index (χ2v) is 6.19. The maximum atomic E-state index is 12.6. The van der Waals surface area contributed by atoms with Gasteiger partial charge in [0.2, 0.25) is 0 Å². The lowest BCUT2D eigenvalue weighted by Gasteiger charge is -2.29. The van der Waals surface area contributed by atoms with Gasteiger partial charge in [0.1, 0.15) is 11.5 Å². The van der Waals surface area contributed by atoms with Gasteiger partial charge in [-0.15, -0.1) is 0 Å². The molecule has 24 heavy (non-hydrogen) atoms. The zero-order chi connectivity index (χ0) is 17.7. The topological polar surface area (TPSA) is 38.8 Å². The molecule has 0 aromatic heterocycles. The molecule has 128 valence electrons. The van der Waals surface area contributed by atoms with Crippen molar-refractivity contribution in [2.75, 3.05) is 7.11 Å². The molecule has 0 aliphatic carbocycles. The van der Waals surface area contributed by atoms with Crippen molar-refractivity contribution in [2.45, 2.75) is 39.8 Å². The number of nitrogens with zero attached hydrogens (tertiary/aromatic N) is 1. The van der Waals surface area contributed by atoms with E-state index in [1.807, 2.05) is 76.2 Å². The fraction of sp³-hybridized carbons (Fsp3) is 0.350. The van der Waals surface area contributed by atoms with Crippen LogP contribution in [0.15, 0.2) is 48.5 Å². The van der Waals surface area contributed by atoms with E-state index in [1.54, 1.807) is 12.0 Å². The smallest absolute Gasteiger partial charge is 0.415 e. The summed E-state index contributed by atoms with van der Waals surface area (Å²) in [6.45, 7) is 7.93. The zero-order valence-corrected chi connectivity index (χ0v) is 14.9. The van der Waals surface area contributed by atoms with Gasteiger partial charge >= 0.3 is 6.09 Å². The highest BCUT2D eigenvalue weighted by molar-refractivity contribution is 5.78. The first-order valence-electron chi connectivity index (χ1n) is 8.17. The molecule has 2 aromatic carbocycles. The first-order valence-corrected chi connectivity index (χ1v) is 8.17. The number of amides is 1. The Bertz CT molecular complexity index is 687. The van der Waals surface area contributed by atoms with Crippen LogP contribution in [-0.2, 0) is 0 Å². The summed E-state index contributed by atoms with van der Waals surface area (Å²) in [5.41, 5.74) is 1.80. The Hall–Kier alpha value is -2.49. The van der Waals surface area contributed by atoms with E-state index in [0.29, 0.717) is 5.75 Å². The van der Waals surface area contributed by atoms with Crippen molar-refractivity contribution in [2.24, 2.45) is 0 Å². The molecule has 0 spiro atoms. The minimum absolute atomic E-state index is 0.0708. The monoisotopic (exact) mass is 327 g/mol. The predicted octanol–water partition coefficient (Wildman–Crippen LogP) is 4.98. The number of ether oxygens (including phenoxy) is 2. The molecule has 0 aliphatic rings. The van der Waals surface area contributed by atoms with Gasteiger partial charge < -0.3 is 14.4 Å². The number of carbonyl (C=O) groups excluding carboxylic acids is 1. The van der Waals surface area contributed by atoms with Crippen LogP contribution in [0.25, 0.3) is 11.1 Å². The van der Waals surface area contributed by atoms with Crippen LogP contribution >= 0.6 is 0 Å². The average Bonchev–Trinajstić information content (AvgIpc) is 2.54. The molecule has 0 radical (unpaired) electrons. The van der Waals surface area contributed by atoms with Crippen LogP contribution in [0.3, 0.4) is 0 Å². The van der Waals surface area contributed by atoms with E-state index in [2.05, 4.69) is 0 Å². The van der Waals surface area contributed by atoms with E-state index < -0.39 is 0 Å². The number of methoxy groups -OCH3 is 1. The van der Waals surface area contributed by atoms with Gasteiger partial charge in [0, 0.05) is 17.6 Å². The SMILES string of the molecule is COc1cccc(-c2ccccc2OC(=O)N(C(C)C)C(C)C)c1. The van der Waals surface area contributed by atoms with Gasteiger partial charge in [-0.3, -0.25) is 0 Å². The fourth-order valence-corrected chi connectivity index (χ4v) is 2.75. The molecule has 0 aliphatic heterocycles. The second kappa shape index (κ2) is 7.86. The van der Waals surface area contributed by atoms with Crippen molar-refractivity contribution < 1.29 is 14.3 Å². The molecule has 0 bridgehead atoms. The van der Waals surface area contributed by atoms with Gasteiger partial charge in [-0.05, 0) is 51.5 Å². The molecule has 0 saturated heterocycles. The van der Waals surface area contributed by atoms with Crippen molar-refractivity contribution in [3.8, 4) is 22.6 Å². The standard InChI is InChI=1S/C20H25NO3/c1-14(2)21(15(3)4)20(22)24-19-12-7-6-11-18(19)16-9-8-10-17(13-16)23-5/h6-15H,1-5H3. The molecule has 2 aromatic rings. The molecule has 1 amide bonds. The van der Waals surface area contributed by atoms with E-state index in [4.69, 9.17) is 9.47 Å². The molecule has 2 rings (SSSR count). The van der Waals surface area contributed by atoms with Gasteiger partial charge in [-0.2, -0.15) is 0 Å². The summed E-state index contributed by atoms with van der Waals surface area (Å²) in [6, 6.07) is 15.4. The lowest BCUT2D eigenvalue weighted by molar-refractivity contribution is 0.123. The summed E-state index contributed by atoms with van der Waals surface area (Å²) in [6.07, 6.45) is -0.338. The largest absolute Gasteiger partial charge is 0.497 e. The van der Waals surface area contributed by atoms with Crippen molar-refractivity contribution >= 4 is 6.09 Å². The minimum atomic E-state index is -0.338. The Labute approximate surface area is 144 Å². The minimum Gasteiger partial charge on any atom is -0.497 e. The molecule has 0 saturated carbocycles. The van der Waals surface area contributed by atoms with Gasteiger partial charge in [-0.1, -0.05) is 30.3 Å². The van der Waals surface area contributed by atoms with E-state index in [0.717, 1.165) is 16.9 Å². The van der Waals surface area contributed by atoms with Crippen molar-refractivity contribution in [1.29, 1.82) is 0 Å². The summed E-state index contributed by atoms with van der Waals surface area (Å²) in [4.78, 5) is 14.3. The number of hydrogen-bond donors (Lipinski definition) is 0. The molecule has 0 unspecified atom stereocenters. The third kappa shape index (κ3) is 4.07. The van der Waals surface area contributed by atoms with Crippen molar-refractivity contribution in [3.05, 3.63) is 48.5 Å². The van der Waals surface area contributed by atoms with Gasteiger partial charge in [0.05, 0.1) is 7.11 Å². The highest BCUT2D eigenvalue weighted by atomic mass is 16.6. The maximum Gasteiger partial charge on any atom is 0.415 e. The van der Waals surface area contributed by atoms with E-state index in [9.17, 15) is 4.79 Å². The lowest BCUT2D eigenvalue weighted by Crippen LogP contribution is -2.43. The van der Waals surface area contributed by atoms with Crippen LogP contribution < -0.4 is 9.47 Å². The van der Waals surface area contributed by atoms with Gasteiger partial charge in [0.25, 0.3) is 0 Å². The number of para-hydroxylation sites is 1. The van der Waals surface area contributed by atoms with Crippen LogP contribution in [0, 0.1) is 0 Å². The molecular formula is C20H25NO3. The number of benzene rings is 2. The highest BCUT2D eigenvalue weighted by Crippen LogP contribution is 2.32. The Morgan fingerprint density at radius 1 is 0.958 bits per heavy atom. The van der Waals surface area contributed by atoms with E-state index in [-0.39, 0.29) is 18.2 Å². The molecule has 0 fully saturated rings. The molecule has 4 heteroatoms. The third-order valence-corrected chi connectivity index (χ3v) is 3.79. The van der Waals surface area contributed by atoms with Gasteiger partial charge in [-0.25, -0.2) is 4.79 Å². The Morgan fingerprint density at radius 3 is 2.25 bits per heavy atom. The summed E-state index contributed by atoms with van der Waals surface area (Å²) >= 11 is 0. The molecule has 0 atom stereocenters. The average molecular weight is 327 g/mol. The molecule has 0 N–H and O–H groups in total. The quantitative estimate of drug-likeness (QED) is 0.777. The van der Waals surface area contributed by atoms with Crippen LogP contribution in [0.5, 0.6) is 11.5 Å². The summed E-state index contributed by atoms with van der Waals surface area (Å²) in [5.74, 6) is 1.31. The first-order chi connectivity index (χ1) is 11.4. The van der Waals surface area contributed by atoms with Crippen molar-refractivity contribution in [1.82, 2.24) is 4.90 Å². The summed E-state index contributed by atoms with van der Waals surface area (Å²) in [7, 11) is 1.63. The second-order valence-electron chi connectivity index (χ2n) is 6.19. The van der Waals surface area contributed by atoms with E-state index >= 15 is 0 Å². The van der Waals surface area contributed by atoms with Crippen molar-refractivity contribution in [3.63, 3.8) is 0 Å². The van der Waals surface area contributed by atoms with Crippen LogP contribution in [0.1, 0.15) is 27.7 Å². The zero-order valence-electron chi connectivity index (χ0n) is 14.9. The van der Waals surface area contributed by atoms with Crippen LogP contribution in [0.2, 0.25) is 0 Å². The maximum absolute atomic E-state index is 12.6. The molecule has 4 nitrogen and oxygen atoms in total.